The second-order valence-electron chi connectivity index (χ2n) is 7.52. The fourth-order valence-corrected chi connectivity index (χ4v) is 5.33. The molecule has 1 N–H and O–H groups in total. The van der Waals surface area contributed by atoms with Gasteiger partial charge in [-0.25, -0.2) is 13.2 Å². The van der Waals surface area contributed by atoms with Crippen LogP contribution in [0.1, 0.15) is 33.6 Å². The number of hydrogen-bond donors (Lipinski definition) is 1. The maximum atomic E-state index is 13.0. The van der Waals surface area contributed by atoms with Crippen LogP contribution >= 0.6 is 0 Å². The second-order valence-corrected chi connectivity index (χ2v) is 9.43. The summed E-state index contributed by atoms with van der Waals surface area (Å²) in [7, 11) is -2.49. The molecule has 0 aromatic heterocycles. The third-order valence-electron chi connectivity index (χ3n) is 5.35. The number of anilines is 1. The molecule has 0 radical (unpaired) electrons. The second kappa shape index (κ2) is 9.20. The van der Waals surface area contributed by atoms with E-state index in [2.05, 4.69) is 5.32 Å². The van der Waals surface area contributed by atoms with Gasteiger partial charge in [0.25, 0.3) is 5.91 Å². The van der Waals surface area contributed by atoms with Gasteiger partial charge in [-0.05, 0) is 49.2 Å². The van der Waals surface area contributed by atoms with Crippen molar-refractivity contribution in [2.75, 3.05) is 38.7 Å². The highest BCUT2D eigenvalue weighted by Gasteiger charge is 2.31. The number of ether oxygens (including phenoxy) is 3. The molecular weight excluding hydrogens is 452 g/mol. The number of hydrogen-bond acceptors (Lipinski definition) is 8. The summed E-state index contributed by atoms with van der Waals surface area (Å²) in [5.41, 5.74) is 0.558. The van der Waals surface area contributed by atoms with E-state index in [1.165, 1.54) is 41.7 Å². The van der Waals surface area contributed by atoms with Crippen molar-refractivity contribution in [3.05, 3.63) is 47.5 Å². The van der Waals surface area contributed by atoms with Crippen LogP contribution in [0, 0.1) is 0 Å². The van der Waals surface area contributed by atoms with Gasteiger partial charge in [0.2, 0.25) is 10.0 Å². The molecule has 174 valence electrons. The van der Waals surface area contributed by atoms with Gasteiger partial charge in [-0.3, -0.25) is 9.59 Å². The van der Waals surface area contributed by atoms with E-state index in [4.69, 9.17) is 14.2 Å². The molecule has 0 unspecified atom stereocenters. The number of benzene rings is 2. The normalized spacial score (nSPS) is 15.8. The number of carbonyl (C=O) groups excluding carboxylic acids is 3. The molecule has 0 spiro atoms. The molecule has 2 heterocycles. The van der Waals surface area contributed by atoms with E-state index in [1.54, 1.807) is 6.07 Å². The third-order valence-corrected chi connectivity index (χ3v) is 7.27. The molecule has 1 fully saturated rings. The molecular formula is C22H22N2O8S. The number of nitrogens with one attached hydrogen (secondary N) is 1. The van der Waals surface area contributed by atoms with Crippen LogP contribution in [-0.4, -0.2) is 63.8 Å². The molecule has 11 heteroatoms. The lowest BCUT2D eigenvalue weighted by Gasteiger charge is -2.18. The van der Waals surface area contributed by atoms with Crippen LogP contribution in [0.15, 0.2) is 41.3 Å². The molecule has 10 nitrogen and oxygen atoms in total. The quantitative estimate of drug-likeness (QED) is 0.476. The van der Waals surface area contributed by atoms with Crippen molar-refractivity contribution >= 4 is 33.4 Å². The van der Waals surface area contributed by atoms with E-state index in [-0.39, 0.29) is 34.3 Å². The molecule has 0 bridgehead atoms. The van der Waals surface area contributed by atoms with Crippen molar-refractivity contribution in [3.63, 3.8) is 0 Å². The van der Waals surface area contributed by atoms with Crippen LogP contribution in [0.5, 0.6) is 11.5 Å². The predicted octanol–water partition coefficient (Wildman–Crippen LogP) is 1.85. The van der Waals surface area contributed by atoms with Gasteiger partial charge in [-0.2, -0.15) is 4.31 Å². The van der Waals surface area contributed by atoms with Crippen LogP contribution in [-0.2, 0) is 19.6 Å². The average molecular weight is 474 g/mol. The Balaban J connectivity index is 1.48. The van der Waals surface area contributed by atoms with Gasteiger partial charge >= 0.3 is 5.97 Å². The lowest BCUT2D eigenvalue weighted by Crippen LogP contribution is -2.28. The van der Waals surface area contributed by atoms with E-state index < -0.39 is 28.4 Å². The summed E-state index contributed by atoms with van der Waals surface area (Å²) < 4.78 is 42.9. The Morgan fingerprint density at radius 1 is 1.09 bits per heavy atom. The molecule has 0 aliphatic carbocycles. The lowest BCUT2D eigenvalue weighted by atomic mass is 10.1. The van der Waals surface area contributed by atoms with Gasteiger partial charge < -0.3 is 19.5 Å². The Morgan fingerprint density at radius 2 is 1.82 bits per heavy atom. The SMILES string of the molecule is COc1ccc(C(=O)OCC(=O)c2ccc3c(c2)NC(=O)CO3)cc1S(=O)(=O)N1CCCC1. The molecule has 2 aromatic rings. The molecule has 0 saturated carbocycles. The Kier molecular flexibility index (Phi) is 6.34. The zero-order valence-electron chi connectivity index (χ0n) is 17.8. The summed E-state index contributed by atoms with van der Waals surface area (Å²) in [6.07, 6.45) is 1.54. The number of rotatable bonds is 7. The number of amides is 1. The molecule has 2 aliphatic heterocycles. The Bertz CT molecular complexity index is 1220. The summed E-state index contributed by atoms with van der Waals surface area (Å²) in [5.74, 6) is -1.12. The van der Waals surface area contributed by atoms with Crippen LogP contribution in [0.25, 0.3) is 0 Å². The highest BCUT2D eigenvalue weighted by atomic mass is 32.2. The van der Waals surface area contributed by atoms with E-state index in [9.17, 15) is 22.8 Å². The van der Waals surface area contributed by atoms with Gasteiger partial charge in [-0.1, -0.05) is 0 Å². The van der Waals surface area contributed by atoms with Crippen molar-refractivity contribution in [3.8, 4) is 11.5 Å². The number of Topliss-reactive ketones (excluding diaryl/α,β-unsaturated/α-hetero) is 1. The van der Waals surface area contributed by atoms with Gasteiger partial charge in [0.1, 0.15) is 16.4 Å². The Hall–Kier alpha value is -3.44. The molecule has 33 heavy (non-hydrogen) atoms. The number of esters is 1. The zero-order valence-corrected chi connectivity index (χ0v) is 18.6. The topological polar surface area (TPSA) is 128 Å². The van der Waals surface area contributed by atoms with E-state index in [1.807, 2.05) is 0 Å². The number of fused-ring (bicyclic) bond motifs is 1. The molecule has 0 atom stereocenters. The third kappa shape index (κ3) is 4.69. The number of nitrogens with zero attached hydrogens (tertiary/aromatic N) is 1. The maximum Gasteiger partial charge on any atom is 0.338 e. The van der Waals surface area contributed by atoms with E-state index in [0.717, 1.165) is 12.8 Å². The highest BCUT2D eigenvalue weighted by molar-refractivity contribution is 7.89. The molecule has 1 saturated heterocycles. The number of carbonyl (C=O) groups is 3. The lowest BCUT2D eigenvalue weighted by molar-refractivity contribution is -0.118. The zero-order chi connectivity index (χ0) is 23.6. The molecule has 1 amide bonds. The fraction of sp³-hybridized carbons (Fsp3) is 0.318. The van der Waals surface area contributed by atoms with Gasteiger partial charge in [0, 0.05) is 18.7 Å². The largest absolute Gasteiger partial charge is 0.495 e. The van der Waals surface area contributed by atoms with Crippen molar-refractivity contribution < 1.29 is 37.0 Å². The molecule has 4 rings (SSSR count). The summed E-state index contributed by atoms with van der Waals surface area (Å²) in [4.78, 5) is 36.4. The van der Waals surface area contributed by atoms with E-state index in [0.29, 0.717) is 24.5 Å². The fourth-order valence-electron chi connectivity index (χ4n) is 3.63. The van der Waals surface area contributed by atoms with E-state index >= 15 is 0 Å². The van der Waals surface area contributed by atoms with Crippen molar-refractivity contribution in [2.24, 2.45) is 0 Å². The number of sulfonamides is 1. The Morgan fingerprint density at radius 3 is 2.55 bits per heavy atom. The molecule has 2 aliphatic rings. The summed E-state index contributed by atoms with van der Waals surface area (Å²) in [6.45, 7) is 0.143. The van der Waals surface area contributed by atoms with Crippen molar-refractivity contribution in [1.82, 2.24) is 4.31 Å². The Labute approximate surface area is 190 Å². The smallest absolute Gasteiger partial charge is 0.338 e. The van der Waals surface area contributed by atoms with Crippen LogP contribution in [0.2, 0.25) is 0 Å². The van der Waals surface area contributed by atoms with Crippen LogP contribution in [0.3, 0.4) is 0 Å². The maximum absolute atomic E-state index is 13.0. The van der Waals surface area contributed by atoms with Crippen molar-refractivity contribution in [1.29, 1.82) is 0 Å². The summed E-state index contributed by atoms with van der Waals surface area (Å²) >= 11 is 0. The minimum absolute atomic E-state index is 0.0209. The van der Waals surface area contributed by atoms with Gasteiger partial charge in [0.05, 0.1) is 18.4 Å². The van der Waals surface area contributed by atoms with Crippen LogP contribution < -0.4 is 14.8 Å². The highest BCUT2D eigenvalue weighted by Crippen LogP contribution is 2.31. The standard InChI is InChI=1S/C22H22N2O8S/c1-30-19-7-5-15(11-20(19)33(28,29)24-8-2-3-9-24)22(27)32-12-17(25)14-4-6-18-16(10-14)23-21(26)13-31-18/h4-7,10-11H,2-3,8-9,12-13H2,1H3,(H,23,26). The monoisotopic (exact) mass is 474 g/mol. The first-order chi connectivity index (χ1) is 15.8. The predicted molar refractivity (Wildman–Crippen MR) is 116 cm³/mol. The minimum atomic E-state index is -3.84. The first-order valence-electron chi connectivity index (χ1n) is 10.2. The van der Waals surface area contributed by atoms with Gasteiger partial charge in [-0.15, -0.1) is 0 Å². The van der Waals surface area contributed by atoms with Crippen molar-refractivity contribution in [2.45, 2.75) is 17.7 Å². The average Bonchev–Trinajstić information content (AvgIpc) is 3.37. The minimum Gasteiger partial charge on any atom is -0.495 e. The number of ketones is 1. The summed E-state index contributed by atoms with van der Waals surface area (Å²) in [5, 5.41) is 2.60. The first-order valence-corrected chi connectivity index (χ1v) is 11.7. The number of methoxy groups -OCH3 is 1. The molecule has 2 aromatic carbocycles. The van der Waals surface area contributed by atoms with Gasteiger partial charge in [0.15, 0.2) is 19.0 Å². The van der Waals surface area contributed by atoms with Crippen LogP contribution in [0.4, 0.5) is 5.69 Å². The first kappa shape index (κ1) is 22.7. The summed E-state index contributed by atoms with van der Waals surface area (Å²) in [6, 6.07) is 8.44.